The van der Waals surface area contributed by atoms with Crippen LogP contribution in [0.15, 0.2) is 22.9 Å². The fourth-order valence-electron chi connectivity index (χ4n) is 7.30. The van der Waals surface area contributed by atoms with Gasteiger partial charge in [0.25, 0.3) is 0 Å². The van der Waals surface area contributed by atoms with Gasteiger partial charge < -0.3 is 15.2 Å². The van der Waals surface area contributed by atoms with E-state index in [0.29, 0.717) is 16.6 Å². The van der Waals surface area contributed by atoms with Crippen LogP contribution in [0.1, 0.15) is 78.8 Å². The van der Waals surface area contributed by atoms with E-state index >= 15 is 0 Å². The third-order valence-electron chi connectivity index (χ3n) is 9.06. The minimum absolute atomic E-state index is 0.233. The van der Waals surface area contributed by atoms with Gasteiger partial charge in [0.2, 0.25) is 0 Å². The first-order chi connectivity index (χ1) is 18.0. The number of aromatic nitrogens is 4. The van der Waals surface area contributed by atoms with Crippen LogP contribution in [0.25, 0.3) is 22.4 Å². The van der Waals surface area contributed by atoms with Crippen LogP contribution in [0.4, 0.5) is 5.00 Å². The highest BCUT2D eigenvalue weighted by Gasteiger charge is 2.48. The van der Waals surface area contributed by atoms with E-state index in [0.717, 1.165) is 84.4 Å². The van der Waals surface area contributed by atoms with Crippen LogP contribution in [0.2, 0.25) is 0 Å². The van der Waals surface area contributed by atoms with Gasteiger partial charge in [-0.2, -0.15) is 10.4 Å². The minimum Gasteiger partial charge on any atom is -0.389 e. The Bertz CT molecular complexity index is 1550. The second-order valence-electron chi connectivity index (χ2n) is 11.0. The molecule has 3 unspecified atom stereocenters. The number of anilines is 1. The van der Waals surface area contributed by atoms with Crippen molar-refractivity contribution in [3.8, 4) is 17.5 Å². The number of pyridine rings is 1. The van der Waals surface area contributed by atoms with Crippen LogP contribution >= 0.6 is 11.3 Å². The molecular formula is C28H31N7OS. The second kappa shape index (κ2) is 8.40. The topological polar surface area (TPSA) is 110 Å². The molecule has 0 saturated carbocycles. The zero-order valence-corrected chi connectivity index (χ0v) is 22.1. The maximum atomic E-state index is 9.96. The minimum atomic E-state index is -0.320. The van der Waals surface area contributed by atoms with Gasteiger partial charge >= 0.3 is 0 Å². The Morgan fingerprint density at radius 3 is 2.86 bits per heavy atom. The van der Waals surface area contributed by atoms with E-state index in [1.54, 1.807) is 11.3 Å². The predicted octanol–water partition coefficient (Wildman–Crippen LogP) is 5.22. The maximum absolute atomic E-state index is 9.96. The molecule has 37 heavy (non-hydrogen) atoms. The number of nitrogen functional groups attached to an aromatic ring is 1. The van der Waals surface area contributed by atoms with Gasteiger partial charge in [-0.25, -0.2) is 9.67 Å². The molecule has 0 amide bonds. The standard InChI is InChI=1S/C28H31N7OS/c1-16(21-7-5-13-34(21)2)35-27-17(15-31-35)9-10-20(32-27)24-18-6-3-11-28(25(18)36-33-24)12-4-8-22-23(28)19(14-29)26(30)37-22/h9-10,15-16,21H,3-8,11-13,30H2,1-2H3. The molecule has 0 aromatic carbocycles. The van der Waals surface area contributed by atoms with Crippen molar-refractivity contribution in [2.75, 3.05) is 19.3 Å². The summed E-state index contributed by atoms with van der Waals surface area (Å²) in [6, 6.07) is 7.23. The molecular weight excluding hydrogens is 482 g/mol. The molecule has 8 nitrogen and oxygen atoms in total. The van der Waals surface area contributed by atoms with Gasteiger partial charge in [-0.3, -0.25) is 0 Å². The number of hydrogen-bond donors (Lipinski definition) is 1. The zero-order chi connectivity index (χ0) is 25.3. The summed E-state index contributed by atoms with van der Waals surface area (Å²) in [5.41, 5.74) is 11.4. The molecule has 2 N–H and O–H groups in total. The van der Waals surface area contributed by atoms with E-state index in [1.165, 1.54) is 17.7 Å². The average Bonchev–Trinajstić information content (AvgIpc) is 3.68. The molecule has 5 heterocycles. The molecule has 1 fully saturated rings. The van der Waals surface area contributed by atoms with Gasteiger partial charge in [0.15, 0.2) is 11.4 Å². The van der Waals surface area contributed by atoms with Crippen LogP contribution in [0.3, 0.4) is 0 Å². The summed E-state index contributed by atoms with van der Waals surface area (Å²) in [6.45, 7) is 3.37. The highest BCUT2D eigenvalue weighted by molar-refractivity contribution is 7.16. The summed E-state index contributed by atoms with van der Waals surface area (Å²) in [5.74, 6) is 0.917. The summed E-state index contributed by atoms with van der Waals surface area (Å²) in [7, 11) is 2.20. The van der Waals surface area contributed by atoms with Gasteiger partial charge in [-0.05, 0) is 89.6 Å². The Labute approximate surface area is 220 Å². The second-order valence-corrected chi connectivity index (χ2v) is 12.1. The molecule has 4 aromatic heterocycles. The van der Waals surface area contributed by atoms with Crippen LogP contribution in [0.5, 0.6) is 0 Å². The smallest absolute Gasteiger partial charge is 0.158 e. The number of rotatable bonds is 3. The molecule has 1 saturated heterocycles. The Hall–Kier alpha value is -3.22. The number of fused-ring (bicyclic) bond motifs is 5. The third kappa shape index (κ3) is 3.25. The first-order valence-corrected chi connectivity index (χ1v) is 14.2. The highest BCUT2D eigenvalue weighted by atomic mass is 32.1. The number of nitriles is 1. The van der Waals surface area contributed by atoms with E-state index in [-0.39, 0.29) is 11.5 Å². The summed E-state index contributed by atoms with van der Waals surface area (Å²) in [4.78, 5) is 8.78. The van der Waals surface area contributed by atoms with E-state index in [2.05, 4.69) is 40.8 Å². The molecule has 0 bridgehead atoms. The van der Waals surface area contributed by atoms with Crippen LogP contribution in [-0.4, -0.2) is 44.5 Å². The lowest BCUT2D eigenvalue weighted by atomic mass is 9.63. The van der Waals surface area contributed by atoms with E-state index in [4.69, 9.17) is 20.3 Å². The van der Waals surface area contributed by atoms with Crippen molar-refractivity contribution in [3.05, 3.63) is 45.7 Å². The number of hydrogen-bond acceptors (Lipinski definition) is 8. The lowest BCUT2D eigenvalue weighted by molar-refractivity contribution is 0.232. The summed E-state index contributed by atoms with van der Waals surface area (Å²) in [6.07, 6.45) is 10.2. The first-order valence-electron chi connectivity index (χ1n) is 13.4. The van der Waals surface area contributed by atoms with Crippen molar-refractivity contribution in [1.29, 1.82) is 5.26 Å². The van der Waals surface area contributed by atoms with Gasteiger partial charge in [0.05, 0.1) is 28.9 Å². The number of aryl methyl sites for hydroxylation is 1. The monoisotopic (exact) mass is 513 g/mol. The molecule has 9 heteroatoms. The highest BCUT2D eigenvalue weighted by Crippen LogP contribution is 2.55. The van der Waals surface area contributed by atoms with Gasteiger partial charge in [0.1, 0.15) is 16.8 Å². The lowest BCUT2D eigenvalue weighted by Crippen LogP contribution is -2.35. The van der Waals surface area contributed by atoms with Crippen molar-refractivity contribution < 1.29 is 4.52 Å². The number of nitrogens with two attached hydrogens (primary N) is 1. The van der Waals surface area contributed by atoms with Crippen LogP contribution in [-0.2, 0) is 18.3 Å². The van der Waals surface area contributed by atoms with Crippen molar-refractivity contribution in [3.63, 3.8) is 0 Å². The molecule has 1 aliphatic heterocycles. The van der Waals surface area contributed by atoms with Crippen molar-refractivity contribution in [2.45, 2.75) is 75.8 Å². The largest absolute Gasteiger partial charge is 0.389 e. The van der Waals surface area contributed by atoms with E-state index in [9.17, 15) is 5.26 Å². The molecule has 190 valence electrons. The van der Waals surface area contributed by atoms with E-state index < -0.39 is 0 Å². The quantitative estimate of drug-likeness (QED) is 0.400. The molecule has 3 atom stereocenters. The normalized spacial score (nSPS) is 24.3. The maximum Gasteiger partial charge on any atom is 0.158 e. The number of nitrogens with zero attached hydrogens (tertiary/aromatic N) is 6. The zero-order valence-electron chi connectivity index (χ0n) is 21.3. The number of likely N-dealkylation sites (tertiary alicyclic amines) is 1. The Balaban J connectivity index is 1.33. The van der Waals surface area contributed by atoms with Crippen molar-refractivity contribution in [2.24, 2.45) is 0 Å². The predicted molar refractivity (Wildman–Crippen MR) is 143 cm³/mol. The summed E-state index contributed by atoms with van der Waals surface area (Å²) < 4.78 is 8.29. The fourth-order valence-corrected chi connectivity index (χ4v) is 8.46. The van der Waals surface area contributed by atoms with Gasteiger partial charge in [-0.1, -0.05) is 5.16 Å². The Kier molecular flexibility index (Phi) is 5.21. The average molecular weight is 514 g/mol. The molecule has 0 radical (unpaired) electrons. The lowest BCUT2D eigenvalue weighted by Gasteiger charge is -2.39. The molecule has 4 aromatic rings. The fraction of sp³-hybridized carbons (Fsp3) is 0.500. The van der Waals surface area contributed by atoms with E-state index in [1.807, 2.05) is 12.3 Å². The number of thiophene rings is 1. The van der Waals surface area contributed by atoms with Gasteiger partial charge in [0, 0.05) is 21.9 Å². The van der Waals surface area contributed by atoms with Crippen LogP contribution in [0, 0.1) is 11.3 Å². The molecule has 3 aliphatic rings. The van der Waals surface area contributed by atoms with Gasteiger partial charge in [-0.15, -0.1) is 11.3 Å². The van der Waals surface area contributed by atoms with Crippen LogP contribution < -0.4 is 5.73 Å². The molecule has 2 aliphatic carbocycles. The molecule has 1 spiro atoms. The summed E-state index contributed by atoms with van der Waals surface area (Å²) in [5, 5.41) is 21.0. The SMILES string of the molecule is CC(C1CCCN1C)n1ncc2ccc(-c3noc4c3CCCC43CCCc4sc(N)c(C#N)c43)nc21. The molecule has 7 rings (SSSR count). The number of likely N-dealkylation sites (N-methyl/N-ethyl adjacent to an activating group) is 1. The Morgan fingerprint density at radius 1 is 1.24 bits per heavy atom. The van der Waals surface area contributed by atoms with Crippen molar-refractivity contribution in [1.82, 2.24) is 24.8 Å². The third-order valence-corrected chi connectivity index (χ3v) is 10.1. The summed E-state index contributed by atoms with van der Waals surface area (Å²) >= 11 is 1.57. The van der Waals surface area contributed by atoms with Crippen molar-refractivity contribution >= 4 is 27.4 Å². The Morgan fingerprint density at radius 2 is 2.08 bits per heavy atom. The first kappa shape index (κ1) is 22.9.